The van der Waals surface area contributed by atoms with E-state index in [1.807, 2.05) is 34.9 Å². The summed E-state index contributed by atoms with van der Waals surface area (Å²) < 4.78 is 48.8. The Balaban J connectivity index is 1.32. The Labute approximate surface area is 241 Å². The summed E-state index contributed by atoms with van der Waals surface area (Å²) >= 11 is 0. The molecule has 42 heavy (non-hydrogen) atoms. The first-order valence-corrected chi connectivity index (χ1v) is 14.1. The quantitative estimate of drug-likeness (QED) is 0.219. The molecule has 5 aromatic rings. The van der Waals surface area contributed by atoms with Crippen molar-refractivity contribution in [2.24, 2.45) is 7.05 Å². The maximum atomic E-state index is 13.1. The molecule has 0 radical (unpaired) electrons. The number of imidazole rings is 2. The standard InChI is InChI=1S/C31H32F3N7O/c1-19(2)22-8-4-5-9-23(22)27-38-28(26-30(39-27)41(18-36-26)25-10-6-7-15-42-25)35-16-20-11-13-21(14-12-20)29-37-24(17-40(29)3)31(32,33)34/h4-5,8-9,11-14,17-19,25H,6-7,10,15-16H2,1-3H3,(H,35,38,39). The smallest absolute Gasteiger partial charge is 0.364 e. The van der Waals surface area contributed by atoms with Gasteiger partial charge in [-0.1, -0.05) is 62.4 Å². The van der Waals surface area contributed by atoms with Gasteiger partial charge in [0.2, 0.25) is 0 Å². The Morgan fingerprint density at radius 2 is 1.81 bits per heavy atom. The highest BCUT2D eigenvalue weighted by Gasteiger charge is 2.34. The molecule has 3 aromatic heterocycles. The molecular formula is C31H32F3N7O. The fraction of sp³-hybridized carbons (Fsp3) is 0.355. The van der Waals surface area contributed by atoms with Crippen LogP contribution in [0.4, 0.5) is 19.0 Å². The Morgan fingerprint density at radius 1 is 1.02 bits per heavy atom. The number of aromatic nitrogens is 6. The van der Waals surface area contributed by atoms with Crippen molar-refractivity contribution in [2.75, 3.05) is 11.9 Å². The van der Waals surface area contributed by atoms with Gasteiger partial charge in [-0.2, -0.15) is 13.2 Å². The zero-order valence-corrected chi connectivity index (χ0v) is 23.7. The fourth-order valence-corrected chi connectivity index (χ4v) is 5.35. The number of alkyl halides is 3. The molecule has 4 heterocycles. The zero-order valence-electron chi connectivity index (χ0n) is 23.7. The van der Waals surface area contributed by atoms with Crippen molar-refractivity contribution in [3.8, 4) is 22.8 Å². The van der Waals surface area contributed by atoms with Gasteiger partial charge >= 0.3 is 6.18 Å². The molecule has 1 aliphatic heterocycles. The molecule has 1 fully saturated rings. The third-order valence-corrected chi connectivity index (χ3v) is 7.55. The third-order valence-electron chi connectivity index (χ3n) is 7.55. The molecule has 0 saturated carbocycles. The van der Waals surface area contributed by atoms with E-state index in [1.165, 1.54) is 4.57 Å². The highest BCUT2D eigenvalue weighted by atomic mass is 19.4. The molecule has 0 aliphatic carbocycles. The van der Waals surface area contributed by atoms with Crippen LogP contribution in [0.25, 0.3) is 33.9 Å². The van der Waals surface area contributed by atoms with Crippen LogP contribution in [0.2, 0.25) is 0 Å². The number of rotatable bonds is 7. The number of nitrogens with one attached hydrogen (secondary N) is 1. The summed E-state index contributed by atoms with van der Waals surface area (Å²) in [6, 6.07) is 15.4. The van der Waals surface area contributed by atoms with E-state index >= 15 is 0 Å². The molecule has 0 bridgehead atoms. The van der Waals surface area contributed by atoms with Crippen LogP contribution in [0.1, 0.15) is 62.1 Å². The molecule has 8 nitrogen and oxygen atoms in total. The van der Waals surface area contributed by atoms with Gasteiger partial charge in [-0.25, -0.2) is 19.9 Å². The van der Waals surface area contributed by atoms with E-state index in [0.717, 1.165) is 42.1 Å². The lowest BCUT2D eigenvalue weighted by molar-refractivity contribution is -0.140. The summed E-state index contributed by atoms with van der Waals surface area (Å²) in [5.74, 6) is 1.75. The Bertz CT molecular complexity index is 1700. The number of benzene rings is 2. The van der Waals surface area contributed by atoms with E-state index in [1.54, 1.807) is 25.5 Å². The highest BCUT2D eigenvalue weighted by molar-refractivity contribution is 5.85. The predicted octanol–water partition coefficient (Wildman–Crippen LogP) is 7.35. The summed E-state index contributed by atoms with van der Waals surface area (Å²) in [5.41, 5.74) is 4.09. The number of ether oxygens (including phenoxy) is 1. The van der Waals surface area contributed by atoms with Crippen molar-refractivity contribution in [2.45, 2.75) is 58.0 Å². The number of hydrogen-bond acceptors (Lipinski definition) is 6. The van der Waals surface area contributed by atoms with Crippen molar-refractivity contribution < 1.29 is 17.9 Å². The molecule has 1 atom stereocenters. The SMILES string of the molecule is CC(C)c1ccccc1-c1nc(NCc2ccc(-c3nc(C(F)(F)F)cn3C)cc2)c2ncn(C3CCCCO3)c2n1. The molecule has 0 amide bonds. The minimum absolute atomic E-state index is 0.128. The normalized spacial score (nSPS) is 15.9. The molecular weight excluding hydrogens is 543 g/mol. The molecule has 2 aromatic carbocycles. The lowest BCUT2D eigenvalue weighted by Crippen LogP contribution is -2.18. The molecule has 1 unspecified atom stereocenters. The number of anilines is 1. The van der Waals surface area contributed by atoms with E-state index < -0.39 is 11.9 Å². The molecule has 1 N–H and O–H groups in total. The van der Waals surface area contributed by atoms with Gasteiger partial charge in [-0.05, 0) is 36.3 Å². The zero-order chi connectivity index (χ0) is 29.4. The first-order valence-electron chi connectivity index (χ1n) is 14.1. The Morgan fingerprint density at radius 3 is 2.50 bits per heavy atom. The van der Waals surface area contributed by atoms with Gasteiger partial charge in [-0.15, -0.1) is 0 Å². The fourth-order valence-electron chi connectivity index (χ4n) is 5.35. The van der Waals surface area contributed by atoms with E-state index in [9.17, 15) is 13.2 Å². The largest absolute Gasteiger partial charge is 0.434 e. The van der Waals surface area contributed by atoms with Crippen molar-refractivity contribution >= 4 is 17.0 Å². The average Bonchev–Trinajstić information content (AvgIpc) is 3.60. The summed E-state index contributed by atoms with van der Waals surface area (Å²) in [4.78, 5) is 18.4. The molecule has 6 rings (SSSR count). The van der Waals surface area contributed by atoms with Crippen molar-refractivity contribution in [3.05, 3.63) is 77.9 Å². The Kier molecular flexibility index (Phi) is 7.44. The van der Waals surface area contributed by atoms with E-state index in [0.29, 0.717) is 41.5 Å². The lowest BCUT2D eigenvalue weighted by atomic mass is 9.97. The number of hydrogen-bond donors (Lipinski definition) is 1. The molecule has 1 aliphatic rings. The van der Waals surface area contributed by atoms with Crippen molar-refractivity contribution in [3.63, 3.8) is 0 Å². The number of nitrogens with zero attached hydrogens (tertiary/aromatic N) is 6. The third kappa shape index (κ3) is 5.48. The van der Waals surface area contributed by atoms with Crippen LogP contribution >= 0.6 is 0 Å². The van der Waals surface area contributed by atoms with Crippen LogP contribution in [-0.2, 0) is 24.5 Å². The van der Waals surface area contributed by atoms with Gasteiger partial charge in [0.1, 0.15) is 12.1 Å². The summed E-state index contributed by atoms with van der Waals surface area (Å²) in [5, 5.41) is 3.44. The van der Waals surface area contributed by atoms with Crippen LogP contribution in [0.3, 0.4) is 0 Å². The van der Waals surface area contributed by atoms with Gasteiger partial charge in [0.25, 0.3) is 0 Å². The number of fused-ring (bicyclic) bond motifs is 1. The molecule has 218 valence electrons. The summed E-state index contributed by atoms with van der Waals surface area (Å²) in [6.07, 6.45) is 1.16. The van der Waals surface area contributed by atoms with Crippen LogP contribution in [0.15, 0.2) is 61.1 Å². The number of aryl methyl sites for hydroxylation is 1. The number of halogens is 3. The molecule has 0 spiro atoms. The highest BCUT2D eigenvalue weighted by Crippen LogP contribution is 2.33. The van der Waals surface area contributed by atoms with Crippen LogP contribution in [0, 0.1) is 0 Å². The average molecular weight is 576 g/mol. The van der Waals surface area contributed by atoms with Gasteiger partial charge in [0, 0.05) is 37.5 Å². The van der Waals surface area contributed by atoms with E-state index in [2.05, 4.69) is 35.2 Å². The van der Waals surface area contributed by atoms with E-state index in [4.69, 9.17) is 14.7 Å². The first kappa shape index (κ1) is 27.9. The maximum Gasteiger partial charge on any atom is 0.434 e. The van der Waals surface area contributed by atoms with Crippen LogP contribution in [-0.4, -0.2) is 35.7 Å². The summed E-state index contributed by atoms with van der Waals surface area (Å²) in [7, 11) is 1.56. The van der Waals surface area contributed by atoms with Gasteiger partial charge < -0.3 is 14.6 Å². The van der Waals surface area contributed by atoms with Crippen molar-refractivity contribution in [1.29, 1.82) is 0 Å². The van der Waals surface area contributed by atoms with E-state index in [-0.39, 0.29) is 18.0 Å². The monoisotopic (exact) mass is 575 g/mol. The van der Waals surface area contributed by atoms with Crippen molar-refractivity contribution in [1.82, 2.24) is 29.1 Å². The topological polar surface area (TPSA) is 82.7 Å². The van der Waals surface area contributed by atoms with Gasteiger partial charge in [0.05, 0.1) is 6.33 Å². The second-order valence-electron chi connectivity index (χ2n) is 10.9. The summed E-state index contributed by atoms with van der Waals surface area (Å²) in [6.45, 7) is 5.43. The Hall–Kier alpha value is -4.25. The molecule has 11 heteroatoms. The predicted molar refractivity (Wildman–Crippen MR) is 155 cm³/mol. The van der Waals surface area contributed by atoms with Crippen LogP contribution < -0.4 is 5.32 Å². The van der Waals surface area contributed by atoms with Gasteiger partial charge in [0.15, 0.2) is 28.5 Å². The van der Waals surface area contributed by atoms with Gasteiger partial charge in [-0.3, -0.25) is 4.57 Å². The first-order chi connectivity index (χ1) is 20.2. The van der Waals surface area contributed by atoms with Crippen LogP contribution in [0.5, 0.6) is 0 Å². The minimum Gasteiger partial charge on any atom is -0.364 e. The molecule has 1 saturated heterocycles. The second-order valence-corrected chi connectivity index (χ2v) is 10.9. The lowest BCUT2D eigenvalue weighted by Gasteiger charge is -2.24. The minimum atomic E-state index is -4.49. The second kappa shape index (κ2) is 11.2. The maximum absolute atomic E-state index is 13.1.